The van der Waals surface area contributed by atoms with Crippen molar-refractivity contribution in [2.24, 2.45) is 0 Å². The summed E-state index contributed by atoms with van der Waals surface area (Å²) < 4.78 is 0. The van der Waals surface area contributed by atoms with Gasteiger partial charge in [-0.05, 0) is 31.6 Å². The van der Waals surface area contributed by atoms with Crippen molar-refractivity contribution in [3.05, 3.63) is 137 Å². The first-order chi connectivity index (χ1) is 18.8. The molecule has 0 N–H and O–H groups in total. The second-order valence-corrected chi connectivity index (χ2v) is 33.7. The summed E-state index contributed by atoms with van der Waals surface area (Å²) in [5.41, 5.74) is 5.09. The Morgan fingerprint density at radius 3 is 0.952 bits per heavy atom. The minimum atomic E-state index is -2.41. The van der Waals surface area contributed by atoms with Crippen molar-refractivity contribution >= 4 is 73.7 Å². The molecule has 0 aromatic heterocycles. The minimum Gasteiger partial charge on any atom is -1.00 e. The summed E-state index contributed by atoms with van der Waals surface area (Å²) in [5.74, 6) is 0. The Balaban J connectivity index is 0.000000507. The van der Waals surface area contributed by atoms with E-state index in [1.807, 2.05) is 6.07 Å². The van der Waals surface area contributed by atoms with Gasteiger partial charge in [0, 0.05) is 44.0 Å². The van der Waals surface area contributed by atoms with E-state index in [0.717, 1.165) is 0 Å². The van der Waals surface area contributed by atoms with Crippen LogP contribution >= 0.6 is 0 Å². The molecule has 0 bridgehead atoms. The first-order valence-electron chi connectivity index (χ1n) is 14.5. The maximum Gasteiger partial charge on any atom is 0.179 e. The van der Waals surface area contributed by atoms with Crippen molar-refractivity contribution in [3.8, 4) is 0 Å². The molecule has 5 radical (unpaired) electrons. The van der Waals surface area contributed by atoms with Gasteiger partial charge in [0.25, 0.3) is 0 Å². The molecule has 0 fully saturated rings. The van der Waals surface area contributed by atoms with E-state index in [4.69, 9.17) is 0 Å². The van der Waals surface area contributed by atoms with E-state index < -0.39 is 32.3 Å². The van der Waals surface area contributed by atoms with Crippen LogP contribution in [0.15, 0.2) is 121 Å². The van der Waals surface area contributed by atoms with Gasteiger partial charge in [-0.25, -0.2) is 0 Å². The zero-order chi connectivity index (χ0) is 29.4. The Morgan fingerprint density at radius 1 is 0.452 bits per heavy atom. The van der Waals surface area contributed by atoms with Crippen LogP contribution in [0.3, 0.4) is 0 Å². The molecule has 0 atom stereocenters. The summed E-state index contributed by atoms with van der Waals surface area (Å²) in [7, 11) is -5.46. The van der Waals surface area contributed by atoms with Gasteiger partial charge in [-0.1, -0.05) is 186 Å². The third kappa shape index (κ3) is 10.3. The van der Waals surface area contributed by atoms with Crippen LogP contribution in [0.2, 0.25) is 58.9 Å². The number of halogens is 1. The van der Waals surface area contributed by atoms with Crippen LogP contribution in [0.5, 0.6) is 0 Å². The largest absolute Gasteiger partial charge is 1.00 e. The Kier molecular flexibility index (Phi) is 15.1. The van der Waals surface area contributed by atoms with E-state index in [1.165, 1.54) is 21.1 Å². The van der Waals surface area contributed by atoms with Crippen molar-refractivity contribution in [1.82, 2.24) is 0 Å². The van der Waals surface area contributed by atoms with Crippen LogP contribution in [0.25, 0.3) is 6.08 Å². The smallest absolute Gasteiger partial charge is 0.179 e. The molecule has 4 aromatic rings. The predicted molar refractivity (Wildman–Crippen MR) is 197 cm³/mol. The van der Waals surface area contributed by atoms with Gasteiger partial charge in [0.05, 0.1) is 0 Å². The van der Waals surface area contributed by atoms with Gasteiger partial charge >= 0.3 is 0 Å². The molecule has 0 aliphatic carbocycles. The van der Waals surface area contributed by atoms with Crippen LogP contribution in [0.4, 0.5) is 0 Å². The molecule has 0 spiro atoms. The van der Waals surface area contributed by atoms with Gasteiger partial charge < -0.3 is 12.4 Å². The van der Waals surface area contributed by atoms with Gasteiger partial charge in [-0.3, -0.25) is 0 Å². The van der Waals surface area contributed by atoms with Gasteiger partial charge in [0.1, 0.15) is 0 Å². The van der Waals surface area contributed by atoms with Crippen LogP contribution in [-0.4, -0.2) is 52.1 Å². The fourth-order valence-corrected chi connectivity index (χ4v) is 37.9. The molecular formula is C36H48ClGaSi4-. The first kappa shape index (κ1) is 38.4. The number of hydrogen-bond acceptors (Lipinski definition) is 0. The van der Waals surface area contributed by atoms with E-state index in [0.29, 0.717) is 0 Å². The molecule has 0 saturated carbocycles. The Hall–Kier alpha value is -1.59. The van der Waals surface area contributed by atoms with Gasteiger partial charge in [-0.15, -0.1) is 0 Å². The third-order valence-corrected chi connectivity index (χ3v) is 29.3. The van der Waals surface area contributed by atoms with Crippen LogP contribution < -0.4 is 28.0 Å². The standard InChI is InChI=1S/C26H21Si.C10H27Si3.ClH.Ga/c1-5-13-23(14-6-1)21-22-27(24-15-7-2-8-16-24,25-17-9-3-10-18-25)26-19-11-4-12-20-26;1-11(2,3)10(12(4,5)6)13(7,8)9;;/h1-21H;1-9H3;1H;/p-1. The van der Waals surface area contributed by atoms with Crippen LogP contribution in [-0.2, 0) is 0 Å². The molecule has 0 aliphatic rings. The third-order valence-electron chi connectivity index (χ3n) is 7.13. The molecule has 0 heterocycles. The minimum absolute atomic E-state index is 0. The normalized spacial score (nSPS) is 12.1. The first-order valence-corrected chi connectivity index (χ1v) is 27.0. The zero-order valence-corrected chi connectivity index (χ0v) is 34.3. The van der Waals surface area contributed by atoms with Crippen LogP contribution in [0, 0.1) is 10.5 Å². The fraction of sp³-hybridized carbons (Fsp3) is 0.250. The zero-order valence-electron chi connectivity index (χ0n) is 27.1. The molecule has 4 rings (SSSR count). The summed E-state index contributed by atoms with van der Waals surface area (Å²) >= 11 is 0. The van der Waals surface area contributed by atoms with Crippen molar-refractivity contribution in [1.29, 1.82) is 0 Å². The summed E-state index contributed by atoms with van der Waals surface area (Å²) in [4.78, 5) is 2.06. The Labute approximate surface area is 280 Å². The summed E-state index contributed by atoms with van der Waals surface area (Å²) in [5, 5.41) is 4.03. The molecular weight excluding hydrogens is 650 g/mol. The predicted octanol–water partition coefficient (Wildman–Crippen LogP) is 5.03. The number of rotatable bonds is 8. The van der Waals surface area contributed by atoms with E-state index in [9.17, 15) is 0 Å². The van der Waals surface area contributed by atoms with Gasteiger partial charge in [0.2, 0.25) is 0 Å². The molecule has 4 aromatic carbocycles. The molecule has 0 saturated heterocycles. The van der Waals surface area contributed by atoms with Crippen molar-refractivity contribution in [2.45, 2.75) is 58.9 Å². The monoisotopic (exact) mass is 696 g/mol. The average molecular weight is 698 g/mol. The fourth-order valence-electron chi connectivity index (χ4n) is 6.93. The molecule has 0 unspecified atom stereocenters. The molecule has 6 heteroatoms. The van der Waals surface area contributed by atoms with E-state index in [2.05, 4.69) is 191 Å². The van der Waals surface area contributed by atoms with Crippen molar-refractivity contribution in [3.63, 3.8) is 0 Å². The number of hydrogen-bond donors (Lipinski definition) is 0. The Morgan fingerprint density at radius 2 is 0.714 bits per heavy atom. The SMILES string of the molecule is C[Si](C)(C)[C]([Si](C)(C)C)[Si](C)(C)C.[C](=Cc1ccccc1)[Si](c1ccccc1)(c1ccccc1)c1ccccc1.[Cl-].[Ga]. The van der Waals surface area contributed by atoms with Gasteiger partial charge in [0.15, 0.2) is 8.07 Å². The summed E-state index contributed by atoms with van der Waals surface area (Å²) in [6.45, 7) is 22.7. The average Bonchev–Trinajstić information content (AvgIpc) is 2.89. The molecule has 0 aliphatic heterocycles. The van der Waals surface area contributed by atoms with Crippen molar-refractivity contribution < 1.29 is 12.4 Å². The second-order valence-electron chi connectivity index (χ2n) is 13.7. The molecule has 219 valence electrons. The van der Waals surface area contributed by atoms with Crippen molar-refractivity contribution in [2.75, 3.05) is 0 Å². The van der Waals surface area contributed by atoms with E-state index in [-0.39, 0.29) is 32.2 Å². The van der Waals surface area contributed by atoms with E-state index in [1.54, 1.807) is 0 Å². The maximum atomic E-state index is 3.91. The molecule has 0 amide bonds. The van der Waals surface area contributed by atoms with Gasteiger partial charge in [-0.2, -0.15) is 0 Å². The number of benzene rings is 4. The quantitative estimate of drug-likeness (QED) is 0.179. The summed E-state index contributed by atoms with van der Waals surface area (Å²) in [6.07, 6.45) is 2.17. The Bertz CT molecular complexity index is 1200. The second kappa shape index (κ2) is 16.5. The summed E-state index contributed by atoms with van der Waals surface area (Å²) in [6, 6.07) is 43.0. The maximum absolute atomic E-state index is 3.91. The topological polar surface area (TPSA) is 0 Å². The van der Waals surface area contributed by atoms with Crippen LogP contribution in [0.1, 0.15) is 5.56 Å². The molecule has 0 nitrogen and oxygen atoms in total. The molecule has 42 heavy (non-hydrogen) atoms. The van der Waals surface area contributed by atoms with E-state index >= 15 is 0 Å².